The Balaban J connectivity index is 0.751. The molecule has 0 saturated carbocycles. The average molecular weight is 969 g/mol. The molecule has 1 unspecified atom stereocenters. The van der Waals surface area contributed by atoms with Crippen molar-refractivity contribution >= 4 is 53.0 Å². The molecule has 9 rings (SSSR count). The summed E-state index contributed by atoms with van der Waals surface area (Å²) in [5.41, 5.74) is 4.67. The number of nitrogens with zero attached hydrogens (tertiary/aromatic N) is 8. The lowest BCUT2D eigenvalue weighted by Crippen LogP contribution is -2.54. The van der Waals surface area contributed by atoms with Crippen molar-refractivity contribution in [3.63, 3.8) is 0 Å². The fourth-order valence-corrected chi connectivity index (χ4v) is 9.81. The summed E-state index contributed by atoms with van der Waals surface area (Å²) in [6.07, 6.45) is 6.35. The van der Waals surface area contributed by atoms with Crippen LogP contribution in [0.3, 0.4) is 0 Å². The summed E-state index contributed by atoms with van der Waals surface area (Å²) in [6.45, 7) is 7.16. The highest BCUT2D eigenvalue weighted by Crippen LogP contribution is 2.33. The molecule has 0 bridgehead atoms. The number of ether oxygens (including phenoxy) is 1. The van der Waals surface area contributed by atoms with Crippen LogP contribution < -0.4 is 26.2 Å². The molecule has 4 aliphatic rings. The predicted octanol–water partition coefficient (Wildman–Crippen LogP) is 4.74. The Morgan fingerprint density at radius 1 is 0.873 bits per heavy atom. The monoisotopic (exact) mass is 968 g/mol. The molecule has 2 aromatic heterocycles. The van der Waals surface area contributed by atoms with Crippen LogP contribution in [0, 0.1) is 12.7 Å². The van der Waals surface area contributed by atoms with Gasteiger partial charge in [-0.05, 0) is 74.2 Å². The second kappa shape index (κ2) is 21.6. The lowest BCUT2D eigenvalue weighted by Gasteiger charge is -2.34. The number of fused-ring (bicyclic) bond motifs is 1. The van der Waals surface area contributed by atoms with Crippen LogP contribution in [0.5, 0.6) is 0 Å². The molecular formula is C51H57FN12O7. The van der Waals surface area contributed by atoms with E-state index in [9.17, 15) is 33.2 Å². The van der Waals surface area contributed by atoms with Crippen molar-refractivity contribution in [2.24, 2.45) is 0 Å². The van der Waals surface area contributed by atoms with Crippen LogP contribution in [0.1, 0.15) is 76.3 Å². The number of piperidine rings is 1. The maximum Gasteiger partial charge on any atom is 0.320 e. The van der Waals surface area contributed by atoms with Crippen molar-refractivity contribution in [1.29, 1.82) is 0 Å². The fraction of sp³-hybridized carbons (Fsp3) is 0.392. The third kappa shape index (κ3) is 10.8. The number of unbranched alkanes of at least 4 members (excludes halogenated alkanes) is 2. The summed E-state index contributed by atoms with van der Waals surface area (Å²) in [5, 5.41) is 16.7. The Labute approximate surface area is 410 Å². The van der Waals surface area contributed by atoms with E-state index in [1.165, 1.54) is 12.1 Å². The van der Waals surface area contributed by atoms with Gasteiger partial charge in [0.05, 0.1) is 29.5 Å². The Morgan fingerprint density at radius 2 is 1.65 bits per heavy atom. The zero-order valence-electron chi connectivity index (χ0n) is 39.7. The minimum atomic E-state index is -1.01. The number of rotatable bonds is 17. The molecule has 4 N–H and O–H groups in total. The number of halogens is 1. The highest BCUT2D eigenvalue weighted by molar-refractivity contribution is 6.23. The molecule has 0 spiro atoms. The number of nitrogens with one attached hydrogen (secondary N) is 4. The van der Waals surface area contributed by atoms with Gasteiger partial charge in [0.2, 0.25) is 23.7 Å². The van der Waals surface area contributed by atoms with Crippen molar-refractivity contribution in [3.8, 4) is 16.9 Å². The summed E-state index contributed by atoms with van der Waals surface area (Å²) in [7, 11) is 1.65. The lowest BCUT2D eigenvalue weighted by molar-refractivity contribution is -0.136. The molecule has 3 fully saturated rings. The van der Waals surface area contributed by atoms with Gasteiger partial charge in [-0.3, -0.25) is 44.4 Å². The van der Waals surface area contributed by atoms with Gasteiger partial charge in [0.25, 0.3) is 11.8 Å². The molecule has 5 aromatic rings. The molecule has 20 heteroatoms. The number of carbonyl (C=O) groups is 6. The molecule has 19 nitrogen and oxygen atoms in total. The Hall–Kier alpha value is -7.58. The molecule has 4 aliphatic heterocycles. The van der Waals surface area contributed by atoms with E-state index >= 15 is 0 Å². The van der Waals surface area contributed by atoms with E-state index in [1.807, 2.05) is 48.2 Å². The van der Waals surface area contributed by atoms with E-state index in [-0.39, 0.29) is 47.7 Å². The van der Waals surface area contributed by atoms with Crippen molar-refractivity contribution in [3.05, 3.63) is 113 Å². The average Bonchev–Trinajstić information content (AvgIpc) is 4.01. The van der Waals surface area contributed by atoms with Gasteiger partial charge < -0.3 is 25.2 Å². The number of piperazine rings is 1. The number of imide groups is 2. The Bertz CT molecular complexity index is 2800. The largest absolute Gasteiger partial charge is 0.385 e. The maximum absolute atomic E-state index is 14.3. The second-order valence-corrected chi connectivity index (χ2v) is 18.3. The summed E-state index contributed by atoms with van der Waals surface area (Å²) in [4.78, 5) is 93.7. The van der Waals surface area contributed by atoms with E-state index in [0.717, 1.165) is 41.0 Å². The van der Waals surface area contributed by atoms with Crippen molar-refractivity contribution in [1.82, 2.24) is 45.1 Å². The smallest absolute Gasteiger partial charge is 0.320 e. The minimum Gasteiger partial charge on any atom is -0.385 e. The van der Waals surface area contributed by atoms with E-state index in [0.29, 0.717) is 94.1 Å². The van der Waals surface area contributed by atoms with Gasteiger partial charge in [0.1, 0.15) is 23.4 Å². The van der Waals surface area contributed by atoms with Gasteiger partial charge in [-0.1, -0.05) is 36.8 Å². The number of para-hydroxylation sites is 1. The van der Waals surface area contributed by atoms with Crippen LogP contribution in [0.4, 0.5) is 26.6 Å². The number of carbonyl (C=O) groups excluding carboxylic acids is 6. The highest BCUT2D eigenvalue weighted by Gasteiger charge is 2.45. The molecule has 3 atom stereocenters. The van der Waals surface area contributed by atoms with Gasteiger partial charge in [-0.25, -0.2) is 23.8 Å². The highest BCUT2D eigenvalue weighted by atomic mass is 19.1. The summed E-state index contributed by atoms with van der Waals surface area (Å²) in [5.74, 6) is -1.49. The molecular weight excluding hydrogens is 912 g/mol. The molecule has 3 aromatic carbocycles. The molecule has 3 saturated heterocycles. The third-order valence-corrected chi connectivity index (χ3v) is 13.6. The fourth-order valence-electron chi connectivity index (χ4n) is 9.81. The van der Waals surface area contributed by atoms with E-state index in [1.54, 1.807) is 48.5 Å². The quantitative estimate of drug-likeness (QED) is 0.0733. The number of methoxy groups -OCH3 is 1. The minimum absolute atomic E-state index is 0.0597. The van der Waals surface area contributed by atoms with Crippen molar-refractivity contribution < 1.29 is 37.9 Å². The molecule has 0 radical (unpaired) electrons. The number of aromatic nitrogens is 4. The number of hydrogen-bond donors (Lipinski definition) is 4. The second-order valence-electron chi connectivity index (χ2n) is 18.3. The zero-order chi connectivity index (χ0) is 49.6. The van der Waals surface area contributed by atoms with E-state index in [4.69, 9.17) is 19.8 Å². The van der Waals surface area contributed by atoms with Gasteiger partial charge in [-0.2, -0.15) is 5.10 Å². The first-order valence-electron chi connectivity index (χ1n) is 24.1. The van der Waals surface area contributed by atoms with E-state index in [2.05, 4.69) is 31.1 Å². The van der Waals surface area contributed by atoms with Gasteiger partial charge >= 0.3 is 6.03 Å². The van der Waals surface area contributed by atoms with Crippen LogP contribution in [0.15, 0.2) is 85.2 Å². The van der Waals surface area contributed by atoms with Gasteiger partial charge in [0.15, 0.2) is 0 Å². The Kier molecular flexibility index (Phi) is 14.7. The number of urea groups is 1. The first-order valence-corrected chi connectivity index (χ1v) is 24.1. The summed E-state index contributed by atoms with van der Waals surface area (Å²) in [6, 6.07) is 19.3. The first kappa shape index (κ1) is 48.4. The number of likely N-dealkylation sites (tertiary alicyclic amines) is 1. The van der Waals surface area contributed by atoms with Gasteiger partial charge in [-0.15, -0.1) is 0 Å². The van der Waals surface area contributed by atoms with Crippen LogP contribution in [0.2, 0.25) is 0 Å². The van der Waals surface area contributed by atoms with Crippen molar-refractivity contribution in [2.75, 3.05) is 81.6 Å². The number of amides is 7. The molecule has 0 aliphatic carbocycles. The first-order chi connectivity index (χ1) is 34.4. The van der Waals surface area contributed by atoms with Crippen molar-refractivity contribution in [2.45, 2.75) is 63.5 Å². The van der Waals surface area contributed by atoms with Crippen LogP contribution in [-0.4, -0.2) is 148 Å². The summed E-state index contributed by atoms with van der Waals surface area (Å²) >= 11 is 0. The van der Waals surface area contributed by atoms with Crippen LogP contribution in [-0.2, 0) is 19.1 Å². The van der Waals surface area contributed by atoms with Crippen LogP contribution >= 0.6 is 0 Å². The molecule has 6 heterocycles. The third-order valence-electron chi connectivity index (χ3n) is 13.6. The van der Waals surface area contributed by atoms with Crippen LogP contribution in [0.25, 0.3) is 16.9 Å². The Morgan fingerprint density at radius 3 is 2.39 bits per heavy atom. The topological polar surface area (TPSA) is 216 Å². The number of anilines is 3. The summed E-state index contributed by atoms with van der Waals surface area (Å²) < 4.78 is 21.3. The number of benzene rings is 3. The molecule has 71 heavy (non-hydrogen) atoms. The maximum atomic E-state index is 14.3. The lowest BCUT2D eigenvalue weighted by atomic mass is 9.94. The van der Waals surface area contributed by atoms with E-state index < -0.39 is 35.7 Å². The molecule has 7 amide bonds. The standard InChI is InChI=1S/C51H57FN12O7/c1-32-45(59-64(37-12-5-3-6-13-37)46(32)58-51(70)56-41-31-60(24-25-71-2)30-40(41)33-10-9-11-35(52)26-33)34-28-54-50(55-29-34)62-22-20-61(21-23-62)44(66)14-7-4-8-19-53-36-15-16-38-39(27-36)49(69)63(48(38)68)42-17-18-43(65)57-47(42)67/h3,5-6,9-13,15-16,26-29,40-42,53H,4,7-8,14,17-25,30-31H2,1-2H3,(H2,56,58,70)(H,57,65,67)/t40-,41+,42?/m0/s1. The number of hydrogen-bond acceptors (Lipinski definition) is 13. The predicted molar refractivity (Wildman–Crippen MR) is 262 cm³/mol. The van der Waals surface area contributed by atoms with Gasteiger partial charge in [0, 0.05) is 107 Å². The molecule has 370 valence electrons. The zero-order valence-corrected chi connectivity index (χ0v) is 39.7. The normalized spacial score (nSPS) is 19.3. The SMILES string of the molecule is COCCN1C[C@@H](NC(=O)Nc2c(C)c(-c3cnc(N4CCN(C(=O)CCCCCNc5ccc6c(c5)C(=O)N(C5CCC(=O)NC5=O)C6=O)CC4)nc3)nn2-c2ccccc2)[C@H](c2cccc(F)c2)C1.